The van der Waals surface area contributed by atoms with Crippen molar-refractivity contribution in [1.29, 1.82) is 0 Å². The molecule has 1 aromatic carbocycles. The van der Waals surface area contributed by atoms with Crippen LogP contribution >= 0.6 is 0 Å². The largest absolute Gasteiger partial charge is 0.452 e. The van der Waals surface area contributed by atoms with Gasteiger partial charge >= 0.3 is 12.0 Å². The molecular formula is C27H33N3O4. The van der Waals surface area contributed by atoms with Gasteiger partial charge in [0.05, 0.1) is 5.56 Å². The number of imide groups is 1. The second kappa shape index (κ2) is 8.14. The van der Waals surface area contributed by atoms with Crippen LogP contribution in [0, 0.1) is 23.7 Å². The van der Waals surface area contributed by atoms with E-state index in [1.54, 1.807) is 6.07 Å². The number of urea groups is 1. The quantitative estimate of drug-likeness (QED) is 0.590. The van der Waals surface area contributed by atoms with Crippen LogP contribution in [0.2, 0.25) is 0 Å². The number of aromatic nitrogens is 1. The number of aromatic amines is 1. The highest BCUT2D eigenvalue weighted by Gasteiger charge is 2.51. The van der Waals surface area contributed by atoms with E-state index in [0.29, 0.717) is 29.2 Å². The van der Waals surface area contributed by atoms with Crippen LogP contribution in [0.15, 0.2) is 18.2 Å². The third-order valence-corrected chi connectivity index (χ3v) is 8.67. The lowest BCUT2D eigenvalue weighted by Crippen LogP contribution is -2.62. The van der Waals surface area contributed by atoms with E-state index in [1.165, 1.54) is 36.9 Å². The highest BCUT2D eigenvalue weighted by molar-refractivity contribution is 5.99. The van der Waals surface area contributed by atoms with Crippen LogP contribution in [0.25, 0.3) is 10.9 Å². The summed E-state index contributed by atoms with van der Waals surface area (Å²) in [5.74, 6) is 1.57. The average Bonchev–Trinajstić information content (AvgIpc) is 3.13. The first-order valence-corrected chi connectivity index (χ1v) is 12.8. The molecule has 0 spiro atoms. The van der Waals surface area contributed by atoms with E-state index in [2.05, 4.69) is 22.5 Å². The van der Waals surface area contributed by atoms with E-state index in [9.17, 15) is 14.4 Å². The molecule has 180 valence electrons. The molecule has 34 heavy (non-hydrogen) atoms. The van der Waals surface area contributed by atoms with Gasteiger partial charge in [-0.1, -0.05) is 6.92 Å². The summed E-state index contributed by atoms with van der Waals surface area (Å²) < 4.78 is 5.23. The number of ether oxygens (including phenoxy) is 1. The van der Waals surface area contributed by atoms with Gasteiger partial charge in [0.25, 0.3) is 5.91 Å². The number of carbonyl (C=O) groups is 3. The predicted molar refractivity (Wildman–Crippen MR) is 127 cm³/mol. The molecule has 7 rings (SSSR count). The molecule has 4 bridgehead atoms. The molecule has 3 N–H and O–H groups in total. The number of rotatable bonds is 4. The minimum Gasteiger partial charge on any atom is -0.452 e. The lowest BCUT2D eigenvalue weighted by atomic mass is 9.53. The Balaban J connectivity index is 1.04. The zero-order valence-corrected chi connectivity index (χ0v) is 19.7. The number of carbonyl (C=O) groups excluding carboxylic acids is 3. The first-order valence-electron chi connectivity index (χ1n) is 12.8. The normalized spacial score (nSPS) is 31.2. The number of H-pyrrole nitrogens is 1. The van der Waals surface area contributed by atoms with Crippen molar-refractivity contribution in [2.24, 2.45) is 23.7 Å². The smallest absolute Gasteiger partial charge is 0.338 e. The van der Waals surface area contributed by atoms with Crippen molar-refractivity contribution in [2.45, 2.75) is 70.3 Å². The van der Waals surface area contributed by atoms with Crippen molar-refractivity contribution < 1.29 is 19.1 Å². The van der Waals surface area contributed by atoms with E-state index >= 15 is 0 Å². The average molecular weight is 464 g/mol. The number of hydrogen-bond donors (Lipinski definition) is 3. The lowest BCUT2D eigenvalue weighted by Gasteiger charge is -2.56. The highest BCUT2D eigenvalue weighted by atomic mass is 16.5. The predicted octanol–water partition coefficient (Wildman–Crippen LogP) is 4.24. The van der Waals surface area contributed by atoms with Gasteiger partial charge in [-0.15, -0.1) is 0 Å². The third-order valence-electron chi connectivity index (χ3n) is 8.67. The van der Waals surface area contributed by atoms with Gasteiger partial charge in [-0.25, -0.2) is 9.59 Å². The third kappa shape index (κ3) is 3.99. The van der Waals surface area contributed by atoms with Crippen LogP contribution in [0.5, 0.6) is 0 Å². The zero-order valence-electron chi connectivity index (χ0n) is 19.7. The zero-order chi connectivity index (χ0) is 23.4. The molecule has 4 fully saturated rings. The van der Waals surface area contributed by atoms with Crippen molar-refractivity contribution in [2.75, 3.05) is 6.61 Å². The van der Waals surface area contributed by atoms with Gasteiger partial charge in [-0.05, 0) is 105 Å². The Hall–Kier alpha value is -2.83. The fourth-order valence-electron chi connectivity index (χ4n) is 7.63. The van der Waals surface area contributed by atoms with Gasteiger partial charge in [0.2, 0.25) is 0 Å². The van der Waals surface area contributed by atoms with Gasteiger partial charge in [-0.3, -0.25) is 10.1 Å². The molecule has 3 amide bonds. The minimum absolute atomic E-state index is 0.168. The topological polar surface area (TPSA) is 100 Å². The molecule has 4 saturated carbocycles. The van der Waals surface area contributed by atoms with Crippen LogP contribution < -0.4 is 10.6 Å². The molecule has 5 aliphatic carbocycles. The number of amides is 3. The monoisotopic (exact) mass is 463 g/mol. The molecular weight excluding hydrogens is 430 g/mol. The summed E-state index contributed by atoms with van der Waals surface area (Å²) in [5.41, 5.74) is 3.80. The number of fused-ring (bicyclic) bond motifs is 3. The summed E-state index contributed by atoms with van der Waals surface area (Å²) in [7, 11) is 0. The van der Waals surface area contributed by atoms with Crippen molar-refractivity contribution in [3.63, 3.8) is 0 Å². The SMILES string of the molecule is CC1CCc2[nH]c3ccc(C(=O)OCC(=O)NC(=O)NC45CC6CC(CC(C6)C4)C5)cc3c2C1. The van der Waals surface area contributed by atoms with Crippen LogP contribution in [-0.2, 0) is 22.4 Å². The van der Waals surface area contributed by atoms with Crippen LogP contribution in [0.1, 0.15) is 73.5 Å². The van der Waals surface area contributed by atoms with Gasteiger partial charge in [-0.2, -0.15) is 0 Å². The fraction of sp³-hybridized carbons (Fsp3) is 0.593. The van der Waals surface area contributed by atoms with Gasteiger partial charge in [0.1, 0.15) is 0 Å². The molecule has 5 aliphatic rings. The number of hydrogen-bond acceptors (Lipinski definition) is 4. The van der Waals surface area contributed by atoms with E-state index in [1.807, 2.05) is 12.1 Å². The Morgan fingerprint density at radius 1 is 1.09 bits per heavy atom. The maximum Gasteiger partial charge on any atom is 0.338 e. The van der Waals surface area contributed by atoms with Crippen LogP contribution in [0.3, 0.4) is 0 Å². The Labute approximate surface area is 199 Å². The van der Waals surface area contributed by atoms with Crippen LogP contribution in [0.4, 0.5) is 4.79 Å². The van der Waals surface area contributed by atoms with Crippen molar-refractivity contribution in [3.05, 3.63) is 35.0 Å². The minimum atomic E-state index is -0.607. The maximum atomic E-state index is 12.6. The number of aryl methyl sites for hydroxylation is 1. The summed E-state index contributed by atoms with van der Waals surface area (Å²) in [4.78, 5) is 41.0. The van der Waals surface area contributed by atoms with Crippen LogP contribution in [-0.4, -0.2) is 35.0 Å². The molecule has 2 aromatic rings. The van der Waals surface area contributed by atoms with E-state index in [0.717, 1.165) is 43.0 Å². The summed E-state index contributed by atoms with van der Waals surface area (Å²) >= 11 is 0. The molecule has 1 heterocycles. The molecule has 1 aromatic heterocycles. The molecule has 7 nitrogen and oxygen atoms in total. The molecule has 0 saturated heterocycles. The van der Waals surface area contributed by atoms with Crippen molar-refractivity contribution in [1.82, 2.24) is 15.6 Å². The number of benzene rings is 1. The Morgan fingerprint density at radius 3 is 2.50 bits per heavy atom. The first-order chi connectivity index (χ1) is 16.4. The van der Waals surface area contributed by atoms with Gasteiger partial charge < -0.3 is 15.0 Å². The second-order valence-corrected chi connectivity index (χ2v) is 11.5. The molecule has 0 aliphatic heterocycles. The number of nitrogens with one attached hydrogen (secondary N) is 3. The lowest BCUT2D eigenvalue weighted by molar-refractivity contribution is -0.123. The standard InChI is InChI=1S/C27H33N3O4/c1-15-2-4-22-20(6-15)21-10-19(3-5-23(21)28-22)25(32)34-14-24(31)29-26(33)30-27-11-16-7-17(12-27)9-18(8-16)13-27/h3,5,10,15-18,28H,2,4,6-9,11-14H2,1H3,(H2,29,30,31,33). The Kier molecular flexibility index (Phi) is 5.19. The molecule has 7 heteroatoms. The second-order valence-electron chi connectivity index (χ2n) is 11.5. The Bertz CT molecular complexity index is 1130. The highest BCUT2D eigenvalue weighted by Crippen LogP contribution is 2.55. The van der Waals surface area contributed by atoms with E-state index in [4.69, 9.17) is 4.74 Å². The summed E-state index contributed by atoms with van der Waals surface area (Å²) in [6.45, 7) is 1.77. The van der Waals surface area contributed by atoms with Crippen molar-refractivity contribution in [3.8, 4) is 0 Å². The van der Waals surface area contributed by atoms with Gasteiger partial charge in [0, 0.05) is 22.1 Å². The molecule has 1 atom stereocenters. The summed E-state index contributed by atoms with van der Waals surface area (Å²) in [6, 6.07) is 4.99. The van der Waals surface area contributed by atoms with E-state index < -0.39 is 24.5 Å². The Morgan fingerprint density at radius 2 is 1.79 bits per heavy atom. The van der Waals surface area contributed by atoms with Gasteiger partial charge in [0.15, 0.2) is 6.61 Å². The van der Waals surface area contributed by atoms with Crippen molar-refractivity contribution >= 4 is 28.8 Å². The van der Waals surface area contributed by atoms with E-state index in [-0.39, 0.29) is 5.54 Å². The maximum absolute atomic E-state index is 12.6. The summed E-state index contributed by atoms with van der Waals surface area (Å²) in [6.07, 6.45) is 10.1. The molecule has 1 unspecified atom stereocenters. The fourth-order valence-corrected chi connectivity index (χ4v) is 7.63. The first kappa shape index (κ1) is 21.7. The number of esters is 1. The summed E-state index contributed by atoms with van der Waals surface area (Å²) in [5, 5.41) is 6.52. The molecule has 0 radical (unpaired) electrons.